The first-order valence-electron chi connectivity index (χ1n) is 6.45. The third kappa shape index (κ3) is 3.07. The Morgan fingerprint density at radius 2 is 2.00 bits per heavy atom. The van der Waals surface area contributed by atoms with Gasteiger partial charge in [0.1, 0.15) is 4.83 Å². The average Bonchev–Trinajstić information content (AvgIpc) is 2.71. The topological polar surface area (TPSA) is 42.3 Å². The molecule has 2 aromatic heterocycles. The Morgan fingerprint density at radius 1 is 1.37 bits per heavy atom. The Morgan fingerprint density at radius 3 is 2.53 bits per heavy atom. The van der Waals surface area contributed by atoms with Gasteiger partial charge in [0, 0.05) is 24.2 Å². The molecule has 0 bridgehead atoms. The van der Waals surface area contributed by atoms with Crippen LogP contribution in [0.5, 0.6) is 0 Å². The van der Waals surface area contributed by atoms with E-state index in [1.165, 1.54) is 11.3 Å². The van der Waals surface area contributed by atoms with Crippen molar-refractivity contribution in [1.29, 1.82) is 0 Å². The molecule has 0 aliphatic heterocycles. The molecule has 0 fully saturated rings. The molecule has 102 valence electrons. The molecule has 0 unspecified atom stereocenters. The smallest absolute Gasteiger partial charge is 0.172 e. The van der Waals surface area contributed by atoms with Gasteiger partial charge in [-0.05, 0) is 32.4 Å². The largest absolute Gasteiger partial charge is 0.294 e. The SMILES string of the molecule is CC.CC=Nc1c(C(C)=O)sc2nc(C)cc(C)c12. The van der Waals surface area contributed by atoms with Crippen LogP contribution in [0.4, 0.5) is 5.69 Å². The molecule has 0 radical (unpaired) electrons. The molecule has 4 heteroatoms. The standard InChI is InChI=1S/C13H14N2OS.C2H6/c1-5-14-11-10-7(2)6-8(3)15-13(10)17-12(11)9(4)16;1-2/h5-6H,1-4H3;1-2H3. The number of aryl methyl sites for hydroxylation is 2. The molecule has 0 amide bonds. The van der Waals surface area contributed by atoms with Crippen molar-refractivity contribution in [2.24, 2.45) is 4.99 Å². The summed E-state index contributed by atoms with van der Waals surface area (Å²) in [5.41, 5.74) is 2.86. The van der Waals surface area contributed by atoms with E-state index in [2.05, 4.69) is 9.98 Å². The first kappa shape index (κ1) is 15.5. The predicted octanol–water partition coefficient (Wildman–Crippen LogP) is 4.86. The average molecular weight is 276 g/mol. The number of thiophene rings is 1. The molecule has 0 saturated carbocycles. The number of aromatic nitrogens is 1. The van der Waals surface area contributed by atoms with E-state index in [4.69, 9.17) is 0 Å². The van der Waals surface area contributed by atoms with Gasteiger partial charge >= 0.3 is 0 Å². The number of fused-ring (bicyclic) bond motifs is 1. The molecule has 0 atom stereocenters. The molecule has 3 nitrogen and oxygen atoms in total. The van der Waals surface area contributed by atoms with Crippen LogP contribution in [0.15, 0.2) is 11.1 Å². The zero-order chi connectivity index (χ0) is 14.6. The Bertz CT molecular complexity index is 627. The minimum atomic E-state index is 0.0469. The maximum atomic E-state index is 11.6. The second-order valence-electron chi connectivity index (χ2n) is 3.98. The van der Waals surface area contributed by atoms with Crippen molar-refractivity contribution in [2.75, 3.05) is 0 Å². The Balaban J connectivity index is 0.000000861. The predicted molar refractivity (Wildman–Crippen MR) is 84.3 cm³/mol. The molecular weight excluding hydrogens is 256 g/mol. The summed E-state index contributed by atoms with van der Waals surface area (Å²) in [5, 5.41) is 1.00. The number of aliphatic imine (C=N–C) groups is 1. The molecule has 0 aromatic carbocycles. The van der Waals surface area contributed by atoms with Gasteiger partial charge in [0.25, 0.3) is 0 Å². The first-order valence-corrected chi connectivity index (χ1v) is 7.26. The lowest BCUT2D eigenvalue weighted by Gasteiger charge is -1.99. The Labute approximate surface area is 118 Å². The number of Topliss-reactive ketones (excluding diaryl/α,β-unsaturated/α-hetero) is 1. The summed E-state index contributed by atoms with van der Waals surface area (Å²) in [6.45, 7) is 11.4. The molecule has 0 N–H and O–H groups in total. The molecule has 0 saturated heterocycles. The molecule has 0 aliphatic carbocycles. The molecule has 0 aliphatic rings. The zero-order valence-electron chi connectivity index (χ0n) is 12.4. The van der Waals surface area contributed by atoms with Crippen LogP contribution in [0.3, 0.4) is 0 Å². The molecule has 2 heterocycles. The van der Waals surface area contributed by atoms with Crippen LogP contribution < -0.4 is 0 Å². The van der Waals surface area contributed by atoms with Gasteiger partial charge in [-0.3, -0.25) is 9.79 Å². The molecule has 19 heavy (non-hydrogen) atoms. The van der Waals surface area contributed by atoms with Crippen LogP contribution in [0.2, 0.25) is 0 Å². The van der Waals surface area contributed by atoms with Crippen molar-refractivity contribution in [2.45, 2.75) is 41.5 Å². The van der Waals surface area contributed by atoms with Gasteiger partial charge in [-0.2, -0.15) is 0 Å². The van der Waals surface area contributed by atoms with Gasteiger partial charge in [0.2, 0.25) is 0 Å². The minimum Gasteiger partial charge on any atom is -0.294 e. The van der Waals surface area contributed by atoms with Crippen molar-refractivity contribution in [3.63, 3.8) is 0 Å². The van der Waals surface area contributed by atoms with Crippen molar-refractivity contribution in [1.82, 2.24) is 4.98 Å². The number of pyridine rings is 1. The second kappa shape index (κ2) is 6.57. The van der Waals surface area contributed by atoms with Gasteiger partial charge in [-0.1, -0.05) is 13.8 Å². The highest BCUT2D eigenvalue weighted by atomic mass is 32.1. The summed E-state index contributed by atoms with van der Waals surface area (Å²) >= 11 is 1.43. The van der Waals surface area contributed by atoms with Crippen molar-refractivity contribution < 1.29 is 4.79 Å². The number of hydrogen-bond acceptors (Lipinski definition) is 4. The zero-order valence-corrected chi connectivity index (χ0v) is 13.2. The van der Waals surface area contributed by atoms with E-state index in [0.717, 1.165) is 27.2 Å². The number of rotatable bonds is 2. The summed E-state index contributed by atoms with van der Waals surface area (Å²) in [6, 6.07) is 2.02. The summed E-state index contributed by atoms with van der Waals surface area (Å²) in [6.07, 6.45) is 1.72. The van der Waals surface area contributed by atoms with E-state index in [9.17, 15) is 4.79 Å². The van der Waals surface area contributed by atoms with Gasteiger partial charge in [-0.25, -0.2) is 4.98 Å². The molecule has 2 rings (SSSR count). The van der Waals surface area contributed by atoms with E-state index in [-0.39, 0.29) is 5.78 Å². The number of hydrogen-bond donors (Lipinski definition) is 0. The lowest BCUT2D eigenvalue weighted by Crippen LogP contribution is -1.87. The van der Waals surface area contributed by atoms with Crippen molar-refractivity contribution >= 4 is 39.2 Å². The second-order valence-corrected chi connectivity index (χ2v) is 4.98. The van der Waals surface area contributed by atoms with Gasteiger partial charge in [0.15, 0.2) is 5.78 Å². The normalized spacial score (nSPS) is 10.6. The van der Waals surface area contributed by atoms with Crippen LogP contribution in [0.25, 0.3) is 10.2 Å². The third-order valence-corrected chi connectivity index (χ3v) is 3.71. The first-order chi connectivity index (χ1) is 9.04. The van der Waals surface area contributed by atoms with E-state index < -0.39 is 0 Å². The number of carbonyl (C=O) groups excluding carboxylic acids is 1. The monoisotopic (exact) mass is 276 g/mol. The summed E-state index contributed by atoms with van der Waals surface area (Å²) in [5.74, 6) is 0.0469. The van der Waals surface area contributed by atoms with Gasteiger partial charge in [-0.15, -0.1) is 11.3 Å². The Kier molecular flexibility index (Phi) is 5.36. The fraction of sp³-hybridized carbons (Fsp3) is 0.400. The summed E-state index contributed by atoms with van der Waals surface area (Å²) in [4.78, 5) is 22.0. The van der Waals surface area contributed by atoms with Crippen LogP contribution in [-0.4, -0.2) is 17.0 Å². The highest BCUT2D eigenvalue weighted by Crippen LogP contribution is 2.39. The van der Waals surface area contributed by atoms with Crippen LogP contribution in [0.1, 0.15) is 48.6 Å². The number of carbonyl (C=O) groups is 1. The lowest BCUT2D eigenvalue weighted by molar-refractivity contribution is 0.102. The lowest BCUT2D eigenvalue weighted by atomic mass is 10.1. The van der Waals surface area contributed by atoms with E-state index in [1.54, 1.807) is 13.1 Å². The molecular formula is C15H20N2OS. The summed E-state index contributed by atoms with van der Waals surface area (Å²) < 4.78 is 0. The van der Waals surface area contributed by atoms with Crippen LogP contribution in [0, 0.1) is 13.8 Å². The quantitative estimate of drug-likeness (QED) is 0.580. The van der Waals surface area contributed by atoms with Gasteiger partial charge < -0.3 is 0 Å². The van der Waals surface area contributed by atoms with Gasteiger partial charge in [0.05, 0.1) is 10.6 Å². The maximum Gasteiger partial charge on any atom is 0.172 e. The number of nitrogens with zero attached hydrogens (tertiary/aromatic N) is 2. The fourth-order valence-electron chi connectivity index (χ4n) is 1.91. The van der Waals surface area contributed by atoms with E-state index in [0.29, 0.717) is 4.88 Å². The highest BCUT2D eigenvalue weighted by molar-refractivity contribution is 7.21. The van der Waals surface area contributed by atoms with Crippen molar-refractivity contribution in [3.05, 3.63) is 22.2 Å². The van der Waals surface area contributed by atoms with Crippen molar-refractivity contribution in [3.8, 4) is 0 Å². The van der Waals surface area contributed by atoms with Crippen LogP contribution >= 0.6 is 11.3 Å². The highest BCUT2D eigenvalue weighted by Gasteiger charge is 2.17. The molecule has 2 aromatic rings. The molecule has 0 spiro atoms. The van der Waals surface area contributed by atoms with E-state index >= 15 is 0 Å². The van der Waals surface area contributed by atoms with Crippen LogP contribution in [-0.2, 0) is 0 Å². The fourth-order valence-corrected chi connectivity index (χ4v) is 3.05. The maximum absolute atomic E-state index is 11.6. The third-order valence-electron chi connectivity index (χ3n) is 2.54. The number of ketones is 1. The Hall–Kier alpha value is -1.55. The minimum absolute atomic E-state index is 0.0469. The van der Waals surface area contributed by atoms with E-state index in [1.807, 2.05) is 40.7 Å². The summed E-state index contributed by atoms with van der Waals surface area (Å²) in [7, 11) is 0.